The van der Waals surface area contributed by atoms with E-state index in [-0.39, 0.29) is 18.2 Å². The van der Waals surface area contributed by atoms with Crippen molar-refractivity contribution in [2.24, 2.45) is 0 Å². The van der Waals surface area contributed by atoms with Crippen molar-refractivity contribution >= 4 is 46.8 Å². The molecule has 0 radical (unpaired) electrons. The monoisotopic (exact) mass is 410 g/mol. The zero-order chi connectivity index (χ0) is 21.0. The van der Waals surface area contributed by atoms with Gasteiger partial charge in [0, 0.05) is 29.2 Å². The van der Waals surface area contributed by atoms with Gasteiger partial charge in [-0.1, -0.05) is 18.2 Å². The number of carbonyl (C=O) groups excluding carboxylic acids is 3. The Morgan fingerprint density at radius 1 is 1.14 bits per heavy atom. The van der Waals surface area contributed by atoms with Crippen LogP contribution in [0.1, 0.15) is 12.0 Å². The lowest BCUT2D eigenvalue weighted by Crippen LogP contribution is -2.31. The summed E-state index contributed by atoms with van der Waals surface area (Å²) >= 11 is 1.25. The molecule has 3 amide bonds. The number of nitrogens with zero attached hydrogens (tertiary/aromatic N) is 1. The highest BCUT2D eigenvalue weighted by Crippen LogP contribution is 2.35. The average Bonchev–Trinajstić information content (AvgIpc) is 2.93. The molecule has 2 aromatic rings. The van der Waals surface area contributed by atoms with Crippen molar-refractivity contribution in [2.75, 3.05) is 10.2 Å². The number of imide groups is 1. The van der Waals surface area contributed by atoms with Gasteiger partial charge in [-0.25, -0.2) is 9.69 Å². The van der Waals surface area contributed by atoms with E-state index in [1.165, 1.54) is 16.7 Å². The zero-order valence-corrected chi connectivity index (χ0v) is 16.3. The Kier molecular flexibility index (Phi) is 6.13. The van der Waals surface area contributed by atoms with Crippen molar-refractivity contribution < 1.29 is 24.3 Å². The summed E-state index contributed by atoms with van der Waals surface area (Å²) in [4.78, 5) is 49.3. The molecule has 3 rings (SSSR count). The quantitative estimate of drug-likeness (QED) is 0.560. The molecule has 1 heterocycles. The maximum atomic E-state index is 12.8. The first-order valence-electron chi connectivity index (χ1n) is 8.75. The zero-order valence-electron chi connectivity index (χ0n) is 15.5. The number of hydrogen-bond donors (Lipinski definition) is 2. The van der Waals surface area contributed by atoms with Gasteiger partial charge < -0.3 is 10.4 Å². The number of rotatable bonds is 6. The van der Waals surface area contributed by atoms with E-state index in [1.54, 1.807) is 42.5 Å². The van der Waals surface area contributed by atoms with E-state index in [2.05, 4.69) is 5.32 Å². The number of hydrogen-bond acceptors (Lipinski definition) is 5. The summed E-state index contributed by atoms with van der Waals surface area (Å²) in [6.07, 6.45) is 1.76. The summed E-state index contributed by atoms with van der Waals surface area (Å²) in [5, 5.41) is 10.6. The first-order chi connectivity index (χ1) is 13.8. The lowest BCUT2D eigenvalue weighted by atomic mass is 10.2. The van der Waals surface area contributed by atoms with Crippen molar-refractivity contribution in [2.45, 2.75) is 23.5 Å². The Morgan fingerprint density at radius 3 is 2.62 bits per heavy atom. The Labute approximate surface area is 171 Å². The van der Waals surface area contributed by atoms with Crippen LogP contribution in [-0.4, -0.2) is 34.0 Å². The fourth-order valence-corrected chi connectivity index (χ4v) is 3.99. The van der Waals surface area contributed by atoms with Crippen LogP contribution in [0.3, 0.4) is 0 Å². The minimum Gasteiger partial charge on any atom is -0.478 e. The van der Waals surface area contributed by atoms with E-state index in [4.69, 9.17) is 5.11 Å². The standard InChI is InChI=1S/C21H18N2O5S/c1-13-4-2-6-15(10-13)23-19(25)12-17(21(23)28)29-16-7-3-5-14(11-16)22-18(24)8-9-20(26)27/h2-11,17H,12H2,1H3,(H,22,24)(H,26,27). The molecular formula is C21H18N2O5S. The highest BCUT2D eigenvalue weighted by atomic mass is 32.2. The smallest absolute Gasteiger partial charge is 0.328 e. The second kappa shape index (κ2) is 8.74. The molecule has 1 aliphatic rings. The second-order valence-electron chi connectivity index (χ2n) is 6.41. The average molecular weight is 410 g/mol. The third kappa shape index (κ3) is 5.11. The molecule has 8 heteroatoms. The Morgan fingerprint density at radius 2 is 1.90 bits per heavy atom. The third-order valence-electron chi connectivity index (χ3n) is 4.12. The maximum Gasteiger partial charge on any atom is 0.328 e. The van der Waals surface area contributed by atoms with E-state index < -0.39 is 17.1 Å². The predicted octanol–water partition coefficient (Wildman–Crippen LogP) is 3.00. The van der Waals surface area contributed by atoms with Gasteiger partial charge in [0.25, 0.3) is 0 Å². The molecule has 0 aromatic heterocycles. The van der Waals surface area contributed by atoms with Gasteiger partial charge in [-0.05, 0) is 42.8 Å². The van der Waals surface area contributed by atoms with Crippen molar-refractivity contribution in [1.29, 1.82) is 0 Å². The number of carboxylic acids is 1. The van der Waals surface area contributed by atoms with Crippen LogP contribution >= 0.6 is 11.8 Å². The molecule has 1 atom stereocenters. The summed E-state index contributed by atoms with van der Waals surface area (Å²) in [6, 6.07) is 14.0. The maximum absolute atomic E-state index is 12.8. The van der Waals surface area contributed by atoms with Gasteiger partial charge in [0.1, 0.15) is 0 Å². The molecule has 0 saturated carbocycles. The summed E-state index contributed by atoms with van der Waals surface area (Å²) in [7, 11) is 0. The highest BCUT2D eigenvalue weighted by Gasteiger charge is 2.40. The van der Waals surface area contributed by atoms with Gasteiger partial charge in [-0.3, -0.25) is 14.4 Å². The van der Waals surface area contributed by atoms with Gasteiger partial charge in [0.2, 0.25) is 17.7 Å². The molecule has 1 aliphatic heterocycles. The number of thioether (sulfide) groups is 1. The van der Waals surface area contributed by atoms with Crippen LogP contribution in [0.4, 0.5) is 11.4 Å². The van der Waals surface area contributed by atoms with Gasteiger partial charge in [0.05, 0.1) is 10.9 Å². The number of anilines is 2. The van der Waals surface area contributed by atoms with E-state index in [1.807, 2.05) is 13.0 Å². The number of carboxylic acid groups (broad SMARTS) is 1. The van der Waals surface area contributed by atoms with Crippen molar-refractivity contribution in [3.63, 3.8) is 0 Å². The molecule has 0 spiro atoms. The first-order valence-corrected chi connectivity index (χ1v) is 9.63. The number of aryl methyl sites for hydroxylation is 1. The molecule has 7 nitrogen and oxygen atoms in total. The fraction of sp³-hybridized carbons (Fsp3) is 0.143. The largest absolute Gasteiger partial charge is 0.478 e. The molecular weight excluding hydrogens is 392 g/mol. The minimum absolute atomic E-state index is 0.0926. The van der Waals surface area contributed by atoms with E-state index in [9.17, 15) is 19.2 Å². The number of aliphatic carboxylic acids is 1. The minimum atomic E-state index is -1.22. The highest BCUT2D eigenvalue weighted by molar-refractivity contribution is 8.00. The Hall–Kier alpha value is -3.39. The lowest BCUT2D eigenvalue weighted by molar-refractivity contribution is -0.131. The van der Waals surface area contributed by atoms with Crippen LogP contribution in [0.25, 0.3) is 0 Å². The normalized spacial score (nSPS) is 16.4. The molecule has 1 fully saturated rings. The van der Waals surface area contributed by atoms with Gasteiger partial charge >= 0.3 is 5.97 Å². The van der Waals surface area contributed by atoms with Crippen molar-refractivity contribution in [3.05, 3.63) is 66.2 Å². The molecule has 29 heavy (non-hydrogen) atoms. The van der Waals surface area contributed by atoms with Crippen LogP contribution < -0.4 is 10.2 Å². The molecule has 2 N–H and O–H groups in total. The third-order valence-corrected chi connectivity index (χ3v) is 5.30. The van der Waals surface area contributed by atoms with Gasteiger partial charge in [-0.2, -0.15) is 0 Å². The van der Waals surface area contributed by atoms with Crippen LogP contribution in [0.15, 0.2) is 65.6 Å². The van der Waals surface area contributed by atoms with E-state index in [0.717, 1.165) is 17.7 Å². The number of benzene rings is 2. The van der Waals surface area contributed by atoms with Crippen LogP contribution in [0, 0.1) is 6.92 Å². The van der Waals surface area contributed by atoms with Crippen LogP contribution in [0.5, 0.6) is 0 Å². The van der Waals surface area contributed by atoms with Crippen molar-refractivity contribution in [3.8, 4) is 0 Å². The van der Waals surface area contributed by atoms with Crippen LogP contribution in [0.2, 0.25) is 0 Å². The number of carbonyl (C=O) groups is 4. The summed E-state index contributed by atoms with van der Waals surface area (Å²) in [5.74, 6) is -2.31. The van der Waals surface area contributed by atoms with Crippen LogP contribution in [-0.2, 0) is 19.2 Å². The second-order valence-corrected chi connectivity index (χ2v) is 7.68. The summed E-state index contributed by atoms with van der Waals surface area (Å²) < 4.78 is 0. The molecule has 1 unspecified atom stereocenters. The molecule has 148 valence electrons. The van der Waals surface area contributed by atoms with E-state index in [0.29, 0.717) is 16.3 Å². The first kappa shape index (κ1) is 20.3. The van der Waals surface area contributed by atoms with Crippen molar-refractivity contribution in [1.82, 2.24) is 0 Å². The SMILES string of the molecule is Cc1cccc(N2C(=O)CC(Sc3cccc(NC(=O)C=CC(=O)O)c3)C2=O)c1. The number of nitrogens with one attached hydrogen (secondary N) is 1. The van der Waals surface area contributed by atoms with E-state index >= 15 is 0 Å². The summed E-state index contributed by atoms with van der Waals surface area (Å²) in [6.45, 7) is 1.90. The van der Waals surface area contributed by atoms with Gasteiger partial charge in [-0.15, -0.1) is 11.8 Å². The Bertz CT molecular complexity index is 1020. The predicted molar refractivity (Wildman–Crippen MR) is 110 cm³/mol. The van der Waals surface area contributed by atoms with Gasteiger partial charge in [0.15, 0.2) is 0 Å². The number of amides is 3. The fourth-order valence-electron chi connectivity index (χ4n) is 2.88. The molecule has 0 aliphatic carbocycles. The summed E-state index contributed by atoms with van der Waals surface area (Å²) in [5.41, 5.74) is 1.98. The molecule has 1 saturated heterocycles. The Balaban J connectivity index is 1.70. The molecule has 0 bridgehead atoms. The molecule has 2 aromatic carbocycles. The topological polar surface area (TPSA) is 104 Å². The lowest BCUT2D eigenvalue weighted by Gasteiger charge is -2.15.